The molecule has 0 saturated carbocycles. The average Bonchev–Trinajstić information content (AvgIpc) is 3.13. The largest absolute Gasteiger partial charge is 0.324 e. The van der Waals surface area contributed by atoms with Crippen molar-refractivity contribution in [3.8, 4) is 11.3 Å². The predicted molar refractivity (Wildman–Crippen MR) is 114 cm³/mol. The van der Waals surface area contributed by atoms with Gasteiger partial charge in [-0.1, -0.05) is 23.7 Å². The molecule has 0 unspecified atom stereocenters. The van der Waals surface area contributed by atoms with Gasteiger partial charge in [-0.2, -0.15) is 0 Å². The van der Waals surface area contributed by atoms with Crippen molar-refractivity contribution in [3.05, 3.63) is 64.5 Å². The summed E-state index contributed by atoms with van der Waals surface area (Å²) in [6.07, 6.45) is 0. The molecule has 1 heterocycles. The fourth-order valence-electron chi connectivity index (χ4n) is 2.58. The van der Waals surface area contributed by atoms with E-state index in [0.717, 1.165) is 23.5 Å². The van der Waals surface area contributed by atoms with E-state index in [1.54, 1.807) is 36.7 Å². The molecule has 2 N–H and O–H groups in total. The van der Waals surface area contributed by atoms with Gasteiger partial charge in [0.1, 0.15) is 0 Å². The van der Waals surface area contributed by atoms with Crippen molar-refractivity contribution in [1.82, 2.24) is 9.88 Å². The van der Waals surface area contributed by atoms with Crippen LogP contribution in [0.2, 0.25) is 5.02 Å². The van der Waals surface area contributed by atoms with Crippen LogP contribution in [0.3, 0.4) is 0 Å². The minimum atomic E-state index is -0.970. The first kappa shape index (κ1) is 21.8. The summed E-state index contributed by atoms with van der Waals surface area (Å²) in [4.78, 5) is 30.1. The number of aromatic nitrogens is 1. The van der Waals surface area contributed by atoms with E-state index in [2.05, 4.69) is 15.6 Å². The second kappa shape index (κ2) is 9.75. The highest BCUT2D eigenvalue weighted by Gasteiger charge is 2.14. The van der Waals surface area contributed by atoms with Crippen LogP contribution in [0.5, 0.6) is 0 Å². The van der Waals surface area contributed by atoms with E-state index in [4.69, 9.17) is 11.6 Å². The van der Waals surface area contributed by atoms with Crippen LogP contribution in [-0.4, -0.2) is 41.8 Å². The molecule has 0 spiro atoms. The Balaban J connectivity index is 1.51. The Morgan fingerprint density at radius 2 is 1.77 bits per heavy atom. The molecule has 3 rings (SSSR count). The number of amides is 2. The van der Waals surface area contributed by atoms with Gasteiger partial charge in [0.15, 0.2) is 16.8 Å². The first-order valence-electron chi connectivity index (χ1n) is 8.75. The second-order valence-corrected chi connectivity index (χ2v) is 7.68. The number of likely N-dealkylation sites (N-methyl/N-ethyl adjacent to an activating group) is 1. The molecule has 6 nitrogen and oxygen atoms in total. The van der Waals surface area contributed by atoms with Gasteiger partial charge in [-0.25, -0.2) is 13.8 Å². The number of anilines is 2. The number of nitrogens with zero attached hydrogens (tertiary/aromatic N) is 2. The quantitative estimate of drug-likeness (QED) is 0.564. The molecule has 30 heavy (non-hydrogen) atoms. The normalized spacial score (nSPS) is 10.8. The first-order chi connectivity index (χ1) is 14.3. The number of carbonyl (C=O) groups is 2. The highest BCUT2D eigenvalue weighted by molar-refractivity contribution is 7.14. The molecule has 2 aromatic carbocycles. The molecule has 0 bridgehead atoms. The summed E-state index contributed by atoms with van der Waals surface area (Å²) in [5.41, 5.74) is 1.32. The van der Waals surface area contributed by atoms with Crippen LogP contribution < -0.4 is 10.6 Å². The summed E-state index contributed by atoms with van der Waals surface area (Å²) in [7, 11) is 1.63. The summed E-state index contributed by atoms with van der Waals surface area (Å²) in [5.74, 6) is -2.59. The van der Waals surface area contributed by atoms with Crippen molar-refractivity contribution in [3.63, 3.8) is 0 Å². The number of hydrogen-bond donors (Lipinski definition) is 2. The summed E-state index contributed by atoms with van der Waals surface area (Å²) < 4.78 is 26.4. The third kappa shape index (κ3) is 5.82. The molecule has 0 aliphatic carbocycles. The van der Waals surface area contributed by atoms with Gasteiger partial charge in [0.25, 0.3) is 0 Å². The Morgan fingerprint density at radius 3 is 2.47 bits per heavy atom. The molecule has 156 valence electrons. The Hall–Kier alpha value is -2.88. The fraction of sp³-hybridized carbons (Fsp3) is 0.150. The van der Waals surface area contributed by atoms with Gasteiger partial charge in [-0.05, 0) is 37.4 Å². The van der Waals surface area contributed by atoms with E-state index in [1.165, 1.54) is 11.0 Å². The van der Waals surface area contributed by atoms with Gasteiger partial charge >= 0.3 is 0 Å². The minimum absolute atomic E-state index is 0.0172. The smallest absolute Gasteiger partial charge is 0.240 e. The fourth-order valence-corrected chi connectivity index (χ4v) is 3.50. The number of para-hydroxylation sites is 1. The molecule has 3 aromatic rings. The van der Waals surface area contributed by atoms with Crippen LogP contribution in [0.1, 0.15) is 0 Å². The average molecular weight is 451 g/mol. The van der Waals surface area contributed by atoms with Gasteiger partial charge in [0.05, 0.1) is 29.5 Å². The standard InChI is InChI=1S/C20H17ClF2N4O2S/c1-27(9-18(28)24-16-5-3-2-4-13(16)21)10-19(29)26-20-25-17(11-30-20)12-6-7-14(22)15(23)8-12/h2-8,11H,9-10H2,1H3,(H,24,28)(H,25,26,29). The lowest BCUT2D eigenvalue weighted by Crippen LogP contribution is -2.36. The number of carbonyl (C=O) groups excluding carboxylic acids is 2. The second-order valence-electron chi connectivity index (χ2n) is 6.42. The zero-order valence-corrected chi connectivity index (χ0v) is 17.4. The van der Waals surface area contributed by atoms with E-state index in [0.29, 0.717) is 27.1 Å². The summed E-state index contributed by atoms with van der Waals surface area (Å²) in [6, 6.07) is 10.3. The summed E-state index contributed by atoms with van der Waals surface area (Å²) in [6.45, 7) is -0.0628. The Labute approximate surface area is 180 Å². The van der Waals surface area contributed by atoms with Gasteiger partial charge < -0.3 is 10.6 Å². The molecule has 0 aliphatic heterocycles. The number of hydrogen-bond acceptors (Lipinski definition) is 5. The molecule has 0 radical (unpaired) electrons. The maximum Gasteiger partial charge on any atom is 0.240 e. The Kier molecular flexibility index (Phi) is 7.09. The van der Waals surface area contributed by atoms with Crippen LogP contribution in [0.4, 0.5) is 19.6 Å². The molecule has 10 heteroatoms. The zero-order chi connectivity index (χ0) is 21.7. The monoisotopic (exact) mass is 450 g/mol. The number of rotatable bonds is 7. The Bertz CT molecular complexity index is 1080. The number of thiazole rings is 1. The lowest BCUT2D eigenvalue weighted by Gasteiger charge is -2.15. The van der Waals surface area contributed by atoms with E-state index in [-0.39, 0.29) is 24.9 Å². The number of nitrogens with one attached hydrogen (secondary N) is 2. The summed E-state index contributed by atoms with van der Waals surface area (Å²) in [5, 5.41) is 7.67. The molecule has 2 amide bonds. The van der Waals surface area contributed by atoms with Crippen molar-refractivity contribution >= 4 is 45.6 Å². The van der Waals surface area contributed by atoms with Crippen molar-refractivity contribution in [2.24, 2.45) is 0 Å². The van der Waals surface area contributed by atoms with Crippen molar-refractivity contribution in [1.29, 1.82) is 0 Å². The van der Waals surface area contributed by atoms with E-state index in [9.17, 15) is 18.4 Å². The predicted octanol–water partition coefficient (Wildman–Crippen LogP) is 4.25. The lowest BCUT2D eigenvalue weighted by atomic mass is 10.2. The number of benzene rings is 2. The van der Waals surface area contributed by atoms with Gasteiger partial charge in [0, 0.05) is 10.9 Å². The van der Waals surface area contributed by atoms with E-state index in [1.807, 2.05) is 0 Å². The van der Waals surface area contributed by atoms with Crippen molar-refractivity contribution in [2.45, 2.75) is 0 Å². The van der Waals surface area contributed by atoms with Gasteiger partial charge in [0.2, 0.25) is 11.8 Å². The van der Waals surface area contributed by atoms with Gasteiger partial charge in [-0.3, -0.25) is 14.5 Å². The van der Waals surface area contributed by atoms with Crippen molar-refractivity contribution in [2.75, 3.05) is 30.8 Å². The molecule has 0 saturated heterocycles. The molecule has 0 atom stereocenters. The third-order valence-electron chi connectivity index (χ3n) is 3.94. The topological polar surface area (TPSA) is 74.3 Å². The highest BCUT2D eigenvalue weighted by Crippen LogP contribution is 2.26. The Morgan fingerprint density at radius 1 is 1.07 bits per heavy atom. The van der Waals surface area contributed by atoms with Crippen LogP contribution in [-0.2, 0) is 9.59 Å². The molecule has 0 fully saturated rings. The highest BCUT2D eigenvalue weighted by atomic mass is 35.5. The zero-order valence-electron chi connectivity index (χ0n) is 15.8. The minimum Gasteiger partial charge on any atom is -0.324 e. The SMILES string of the molecule is CN(CC(=O)Nc1nc(-c2ccc(F)c(F)c2)cs1)CC(=O)Nc1ccccc1Cl. The lowest BCUT2D eigenvalue weighted by molar-refractivity contribution is -0.119. The van der Waals surface area contributed by atoms with Crippen LogP contribution in [0, 0.1) is 11.6 Å². The molecular formula is C20H17ClF2N4O2S. The summed E-state index contributed by atoms with van der Waals surface area (Å²) >= 11 is 7.16. The van der Waals surface area contributed by atoms with E-state index < -0.39 is 11.6 Å². The third-order valence-corrected chi connectivity index (χ3v) is 5.03. The van der Waals surface area contributed by atoms with Crippen LogP contribution in [0.25, 0.3) is 11.3 Å². The first-order valence-corrected chi connectivity index (χ1v) is 10.0. The molecule has 1 aromatic heterocycles. The molecule has 0 aliphatic rings. The van der Waals surface area contributed by atoms with Crippen LogP contribution >= 0.6 is 22.9 Å². The molecular weight excluding hydrogens is 434 g/mol. The maximum absolute atomic E-state index is 13.4. The maximum atomic E-state index is 13.4. The van der Waals surface area contributed by atoms with Gasteiger partial charge in [-0.15, -0.1) is 11.3 Å². The number of halogens is 3. The van der Waals surface area contributed by atoms with Crippen molar-refractivity contribution < 1.29 is 18.4 Å². The van der Waals surface area contributed by atoms with E-state index >= 15 is 0 Å². The van der Waals surface area contributed by atoms with Crippen LogP contribution in [0.15, 0.2) is 47.8 Å².